The van der Waals surface area contributed by atoms with Crippen LogP contribution in [0.5, 0.6) is 0 Å². The number of fused-ring (bicyclic) bond motifs is 7. The summed E-state index contributed by atoms with van der Waals surface area (Å²) >= 11 is 7.48. The van der Waals surface area contributed by atoms with Crippen LogP contribution in [0.25, 0.3) is 33.1 Å². The number of halogens is 2. The van der Waals surface area contributed by atoms with Gasteiger partial charge in [-0.1, -0.05) is 105 Å². The first kappa shape index (κ1) is 20.3. The molecule has 1 nitrogen and oxygen atoms in total. The molecule has 0 radical (unpaired) electrons. The molecule has 0 amide bonds. The van der Waals surface area contributed by atoms with Crippen LogP contribution >= 0.6 is 31.9 Å². The molecule has 1 aromatic heterocycles. The molecular weight excluding hydrogens is 548 g/mol. The van der Waals surface area contributed by atoms with Crippen LogP contribution < -0.4 is 0 Å². The Kier molecular flexibility index (Phi) is 4.42. The van der Waals surface area contributed by atoms with E-state index < -0.39 is 5.41 Å². The largest absolute Gasteiger partial charge is 0.456 e. The molecule has 7 rings (SSSR count). The Morgan fingerprint density at radius 2 is 1.24 bits per heavy atom. The summed E-state index contributed by atoms with van der Waals surface area (Å²) in [5.41, 5.74) is 8.96. The van der Waals surface area contributed by atoms with E-state index in [1.807, 2.05) is 6.07 Å². The van der Waals surface area contributed by atoms with Crippen LogP contribution in [-0.4, -0.2) is 0 Å². The third-order valence-electron chi connectivity index (χ3n) is 7.06. The summed E-state index contributed by atoms with van der Waals surface area (Å²) in [6.45, 7) is 0. The lowest BCUT2D eigenvalue weighted by molar-refractivity contribution is 0.668. The highest BCUT2D eigenvalue weighted by Gasteiger charge is 2.47. The average molecular weight is 566 g/mol. The van der Waals surface area contributed by atoms with Gasteiger partial charge in [-0.15, -0.1) is 0 Å². The van der Waals surface area contributed by atoms with Crippen molar-refractivity contribution in [3.05, 3.63) is 140 Å². The Labute approximate surface area is 214 Å². The number of hydrogen-bond acceptors (Lipinski definition) is 1. The minimum absolute atomic E-state index is 0.452. The predicted octanol–water partition coefficient (Wildman–Crippen LogP) is 9.47. The van der Waals surface area contributed by atoms with Gasteiger partial charge in [-0.05, 0) is 69.8 Å². The molecular formula is C31H18Br2O. The molecule has 0 bridgehead atoms. The normalized spacial score (nSPS) is 13.8. The smallest absolute Gasteiger partial charge is 0.136 e. The van der Waals surface area contributed by atoms with Crippen molar-refractivity contribution in [3.63, 3.8) is 0 Å². The summed E-state index contributed by atoms with van der Waals surface area (Å²) < 4.78 is 8.43. The summed E-state index contributed by atoms with van der Waals surface area (Å²) in [6.07, 6.45) is 0. The van der Waals surface area contributed by atoms with E-state index in [1.165, 1.54) is 38.8 Å². The lowest BCUT2D eigenvalue weighted by Crippen LogP contribution is -2.28. The van der Waals surface area contributed by atoms with Gasteiger partial charge in [-0.2, -0.15) is 0 Å². The standard InChI is InChI=1S/C31H18Br2O/c32-21-9-5-7-19(17-21)31(20-8-6-10-22(33)18-20)25-13-3-1-11-23(25)29-26(31)15-16-28-30(29)24-12-2-4-14-27(24)34-28/h1-18H. The molecule has 0 saturated heterocycles. The van der Waals surface area contributed by atoms with Gasteiger partial charge in [0, 0.05) is 19.7 Å². The van der Waals surface area contributed by atoms with Gasteiger partial charge in [-0.25, -0.2) is 0 Å². The SMILES string of the molecule is Brc1cccc(C2(c3cccc(Br)c3)c3ccccc3-c3c2ccc2oc4ccccc4c32)c1. The van der Waals surface area contributed by atoms with Gasteiger partial charge < -0.3 is 4.42 Å². The highest BCUT2D eigenvalue weighted by atomic mass is 79.9. The van der Waals surface area contributed by atoms with Crippen LogP contribution in [0.4, 0.5) is 0 Å². The molecule has 3 heteroatoms. The van der Waals surface area contributed by atoms with Gasteiger partial charge in [0.15, 0.2) is 0 Å². The van der Waals surface area contributed by atoms with Crippen molar-refractivity contribution in [1.29, 1.82) is 0 Å². The molecule has 0 spiro atoms. The molecule has 1 aliphatic rings. The number of hydrogen-bond donors (Lipinski definition) is 0. The van der Waals surface area contributed by atoms with E-state index in [2.05, 4.69) is 135 Å². The van der Waals surface area contributed by atoms with Crippen molar-refractivity contribution >= 4 is 53.8 Å². The molecule has 6 aromatic rings. The Morgan fingerprint density at radius 1 is 0.559 bits per heavy atom. The van der Waals surface area contributed by atoms with E-state index in [0.29, 0.717) is 0 Å². The minimum atomic E-state index is -0.452. The molecule has 5 aromatic carbocycles. The van der Waals surface area contributed by atoms with E-state index in [9.17, 15) is 0 Å². The fourth-order valence-electron chi connectivity index (χ4n) is 5.81. The van der Waals surface area contributed by atoms with Gasteiger partial charge in [-0.3, -0.25) is 0 Å². The highest BCUT2D eigenvalue weighted by Crippen LogP contribution is 2.58. The molecule has 0 aliphatic heterocycles. The van der Waals surface area contributed by atoms with E-state index in [4.69, 9.17) is 4.42 Å². The second-order valence-electron chi connectivity index (χ2n) is 8.78. The summed E-state index contributed by atoms with van der Waals surface area (Å²) in [7, 11) is 0. The van der Waals surface area contributed by atoms with E-state index in [1.54, 1.807) is 0 Å². The molecule has 1 heterocycles. The molecule has 162 valence electrons. The third kappa shape index (κ3) is 2.65. The second-order valence-corrected chi connectivity index (χ2v) is 10.6. The summed E-state index contributed by atoms with van der Waals surface area (Å²) in [4.78, 5) is 0. The van der Waals surface area contributed by atoms with Crippen molar-refractivity contribution in [2.24, 2.45) is 0 Å². The summed E-state index contributed by atoms with van der Waals surface area (Å²) in [6, 6.07) is 39.0. The van der Waals surface area contributed by atoms with Crippen molar-refractivity contribution in [2.75, 3.05) is 0 Å². The number of rotatable bonds is 2. The van der Waals surface area contributed by atoms with Crippen LogP contribution in [0.2, 0.25) is 0 Å². The summed E-state index contributed by atoms with van der Waals surface area (Å²) in [5.74, 6) is 0. The Hall–Kier alpha value is -3.14. The fraction of sp³-hybridized carbons (Fsp3) is 0.0323. The zero-order chi connectivity index (χ0) is 22.9. The van der Waals surface area contributed by atoms with Crippen molar-refractivity contribution < 1.29 is 4.42 Å². The van der Waals surface area contributed by atoms with Gasteiger partial charge in [0.25, 0.3) is 0 Å². The average Bonchev–Trinajstić information content (AvgIpc) is 3.38. The van der Waals surface area contributed by atoms with E-state index >= 15 is 0 Å². The number of para-hydroxylation sites is 1. The quantitative estimate of drug-likeness (QED) is 0.203. The molecule has 1 aliphatic carbocycles. The maximum absolute atomic E-state index is 6.30. The molecule has 0 fully saturated rings. The fourth-order valence-corrected chi connectivity index (χ4v) is 6.61. The molecule has 0 N–H and O–H groups in total. The van der Waals surface area contributed by atoms with E-state index in [0.717, 1.165) is 25.5 Å². The van der Waals surface area contributed by atoms with Gasteiger partial charge >= 0.3 is 0 Å². The first-order chi connectivity index (χ1) is 16.7. The minimum Gasteiger partial charge on any atom is -0.456 e. The lowest BCUT2D eigenvalue weighted by Gasteiger charge is -2.34. The molecule has 0 saturated carbocycles. The van der Waals surface area contributed by atoms with Crippen molar-refractivity contribution in [2.45, 2.75) is 5.41 Å². The second kappa shape index (κ2) is 7.43. The first-order valence-electron chi connectivity index (χ1n) is 11.2. The molecule has 0 unspecified atom stereocenters. The Balaban J connectivity index is 1.73. The van der Waals surface area contributed by atoms with Gasteiger partial charge in [0.05, 0.1) is 5.41 Å². The first-order valence-corrected chi connectivity index (χ1v) is 12.8. The van der Waals surface area contributed by atoms with Crippen LogP contribution in [-0.2, 0) is 5.41 Å². The molecule has 0 atom stereocenters. The van der Waals surface area contributed by atoms with Crippen LogP contribution in [0, 0.1) is 0 Å². The predicted molar refractivity (Wildman–Crippen MR) is 146 cm³/mol. The van der Waals surface area contributed by atoms with Crippen molar-refractivity contribution in [1.82, 2.24) is 0 Å². The van der Waals surface area contributed by atoms with Crippen LogP contribution in [0.1, 0.15) is 22.3 Å². The highest BCUT2D eigenvalue weighted by molar-refractivity contribution is 9.10. The van der Waals surface area contributed by atoms with E-state index in [-0.39, 0.29) is 0 Å². The lowest BCUT2D eigenvalue weighted by atomic mass is 9.67. The molecule has 34 heavy (non-hydrogen) atoms. The summed E-state index contributed by atoms with van der Waals surface area (Å²) in [5, 5.41) is 2.34. The Morgan fingerprint density at radius 3 is 1.97 bits per heavy atom. The zero-order valence-corrected chi connectivity index (χ0v) is 21.2. The number of benzene rings is 5. The maximum Gasteiger partial charge on any atom is 0.136 e. The van der Waals surface area contributed by atoms with Crippen LogP contribution in [0.3, 0.4) is 0 Å². The third-order valence-corrected chi connectivity index (χ3v) is 8.05. The number of furan rings is 1. The van der Waals surface area contributed by atoms with Gasteiger partial charge in [0.2, 0.25) is 0 Å². The monoisotopic (exact) mass is 564 g/mol. The zero-order valence-electron chi connectivity index (χ0n) is 18.1. The topological polar surface area (TPSA) is 13.1 Å². The van der Waals surface area contributed by atoms with Crippen molar-refractivity contribution in [3.8, 4) is 11.1 Å². The van der Waals surface area contributed by atoms with Gasteiger partial charge in [0.1, 0.15) is 11.2 Å². The van der Waals surface area contributed by atoms with Crippen LogP contribution in [0.15, 0.2) is 123 Å². The Bertz CT molecular complexity index is 1700. The maximum atomic E-state index is 6.30.